The zero-order valence-corrected chi connectivity index (χ0v) is 15.5. The highest BCUT2D eigenvalue weighted by Gasteiger charge is 2.29. The van der Waals surface area contributed by atoms with Crippen LogP contribution in [0.5, 0.6) is 5.75 Å². The molecule has 0 bridgehead atoms. The van der Waals surface area contributed by atoms with Gasteiger partial charge < -0.3 is 19.9 Å². The number of benzene rings is 1. The Balaban J connectivity index is 1.90. The topological polar surface area (TPSA) is 46.0 Å². The Morgan fingerprint density at radius 3 is 2.54 bits per heavy atom. The number of nitrogens with zero attached hydrogens (tertiary/aromatic N) is 1. The van der Waals surface area contributed by atoms with Crippen molar-refractivity contribution in [3.8, 4) is 5.75 Å². The highest BCUT2D eigenvalue weighted by molar-refractivity contribution is 5.79. The zero-order valence-electron chi connectivity index (χ0n) is 15.5. The Bertz CT molecular complexity index is 525. The minimum absolute atomic E-state index is 0.00744. The monoisotopic (exact) mass is 334 g/mol. The molecule has 0 aromatic heterocycles. The molecule has 0 aliphatic carbocycles. The summed E-state index contributed by atoms with van der Waals surface area (Å²) >= 11 is 0. The summed E-state index contributed by atoms with van der Waals surface area (Å²) in [5, 5.41) is 3.05. The number of quaternary nitrogens is 1. The summed E-state index contributed by atoms with van der Waals surface area (Å²) in [6.45, 7) is 13.5. The number of nitrogens with one attached hydrogen (secondary N) is 2. The van der Waals surface area contributed by atoms with Crippen molar-refractivity contribution in [2.45, 2.75) is 33.7 Å². The fraction of sp³-hybridized carbons (Fsp3) is 0.632. The second-order valence-corrected chi connectivity index (χ2v) is 6.91. The zero-order chi connectivity index (χ0) is 17.5. The third-order valence-corrected chi connectivity index (χ3v) is 4.60. The average Bonchev–Trinajstić information content (AvgIpc) is 2.60. The summed E-state index contributed by atoms with van der Waals surface area (Å²) in [5.74, 6) is 1.61. The predicted molar refractivity (Wildman–Crippen MR) is 97.8 cm³/mol. The van der Waals surface area contributed by atoms with Crippen LogP contribution in [0.2, 0.25) is 0 Å². The van der Waals surface area contributed by atoms with Gasteiger partial charge in [0, 0.05) is 6.54 Å². The molecule has 1 saturated heterocycles. The molecule has 0 saturated carbocycles. The average molecular weight is 334 g/mol. The minimum Gasteiger partial charge on any atom is -0.492 e. The lowest BCUT2D eigenvalue weighted by Gasteiger charge is -2.36. The molecule has 0 radical (unpaired) electrons. The first-order valence-electron chi connectivity index (χ1n) is 9.12. The number of hydrogen-bond donors (Lipinski definition) is 2. The molecule has 1 aliphatic heterocycles. The molecule has 24 heavy (non-hydrogen) atoms. The van der Waals surface area contributed by atoms with Crippen LogP contribution < -0.4 is 19.9 Å². The molecule has 5 nitrogen and oxygen atoms in total. The Hall–Kier alpha value is -1.75. The lowest BCUT2D eigenvalue weighted by atomic mass is 10.1. The molecule has 1 atom stereocenters. The van der Waals surface area contributed by atoms with E-state index >= 15 is 0 Å². The maximum absolute atomic E-state index is 12.3. The van der Waals surface area contributed by atoms with Crippen LogP contribution in [0.15, 0.2) is 24.3 Å². The number of hydrogen-bond acceptors (Lipinski definition) is 3. The predicted octanol–water partition coefficient (Wildman–Crippen LogP) is 0.951. The summed E-state index contributed by atoms with van der Waals surface area (Å²) in [6, 6.07) is 8.22. The molecule has 1 fully saturated rings. The summed E-state index contributed by atoms with van der Waals surface area (Å²) in [5.41, 5.74) is 1.16. The fourth-order valence-corrected chi connectivity index (χ4v) is 3.11. The molecule has 2 rings (SSSR count). The van der Waals surface area contributed by atoms with Gasteiger partial charge in [0.1, 0.15) is 5.75 Å². The van der Waals surface area contributed by atoms with Gasteiger partial charge in [0.15, 0.2) is 6.04 Å². The van der Waals surface area contributed by atoms with E-state index in [0.717, 1.165) is 44.2 Å². The largest absolute Gasteiger partial charge is 0.492 e. The van der Waals surface area contributed by atoms with E-state index < -0.39 is 0 Å². The van der Waals surface area contributed by atoms with E-state index in [1.54, 1.807) is 0 Å². The number of anilines is 1. The maximum Gasteiger partial charge on any atom is 0.278 e. The lowest BCUT2D eigenvalue weighted by molar-refractivity contribution is -0.914. The van der Waals surface area contributed by atoms with E-state index in [1.165, 1.54) is 4.90 Å². The van der Waals surface area contributed by atoms with Gasteiger partial charge in [-0.15, -0.1) is 0 Å². The number of rotatable bonds is 7. The first-order valence-corrected chi connectivity index (χ1v) is 9.12. The van der Waals surface area contributed by atoms with Crippen molar-refractivity contribution in [2.75, 3.05) is 44.2 Å². The smallest absolute Gasteiger partial charge is 0.278 e. The maximum atomic E-state index is 12.3. The Labute approximate surface area is 146 Å². The van der Waals surface area contributed by atoms with Crippen LogP contribution in [0.3, 0.4) is 0 Å². The first kappa shape index (κ1) is 18.6. The number of para-hydroxylation sites is 2. The normalized spacial score (nSPS) is 17.0. The van der Waals surface area contributed by atoms with Gasteiger partial charge in [-0.3, -0.25) is 4.79 Å². The second-order valence-electron chi connectivity index (χ2n) is 6.91. The van der Waals surface area contributed by atoms with Crippen LogP contribution in [-0.4, -0.2) is 51.3 Å². The fourth-order valence-electron chi connectivity index (χ4n) is 3.11. The van der Waals surface area contributed by atoms with Crippen molar-refractivity contribution < 1.29 is 14.4 Å². The van der Waals surface area contributed by atoms with Crippen molar-refractivity contribution in [1.82, 2.24) is 5.32 Å². The van der Waals surface area contributed by atoms with E-state index in [9.17, 15) is 4.79 Å². The summed E-state index contributed by atoms with van der Waals surface area (Å²) in [6.07, 6.45) is 0. The molecule has 0 unspecified atom stereocenters. The van der Waals surface area contributed by atoms with E-state index in [4.69, 9.17) is 4.74 Å². The van der Waals surface area contributed by atoms with Gasteiger partial charge in [0.25, 0.3) is 5.91 Å². The van der Waals surface area contributed by atoms with Gasteiger partial charge in [-0.1, -0.05) is 26.0 Å². The van der Waals surface area contributed by atoms with E-state index in [1.807, 2.05) is 26.0 Å². The molecule has 1 heterocycles. The second kappa shape index (κ2) is 8.92. The molecule has 134 valence electrons. The summed E-state index contributed by atoms with van der Waals surface area (Å²) < 4.78 is 5.74. The van der Waals surface area contributed by atoms with Gasteiger partial charge in [0.2, 0.25) is 0 Å². The van der Waals surface area contributed by atoms with Crippen molar-refractivity contribution in [3.05, 3.63) is 24.3 Å². The van der Waals surface area contributed by atoms with Crippen LogP contribution in [-0.2, 0) is 4.79 Å². The summed E-state index contributed by atoms with van der Waals surface area (Å²) in [4.78, 5) is 16.0. The van der Waals surface area contributed by atoms with Crippen LogP contribution >= 0.6 is 0 Å². The first-order chi connectivity index (χ1) is 11.5. The highest BCUT2D eigenvalue weighted by atomic mass is 16.5. The molecule has 2 N–H and O–H groups in total. The SMILES string of the molecule is CCOc1ccccc1N1CC[NH+]([C@H](C)C(=O)NCC(C)C)CC1. The molecule has 1 aromatic carbocycles. The lowest BCUT2D eigenvalue weighted by Crippen LogP contribution is -3.19. The van der Waals surface area contributed by atoms with Crippen LogP contribution in [0.25, 0.3) is 0 Å². The molecule has 1 aliphatic rings. The standard InChI is InChI=1S/C19H31N3O2/c1-5-24-18-9-7-6-8-17(18)22-12-10-21(11-13-22)16(4)19(23)20-14-15(2)3/h6-9,15-16H,5,10-14H2,1-4H3,(H,20,23)/p+1/t16-/m1/s1. The Morgan fingerprint density at radius 1 is 1.25 bits per heavy atom. The van der Waals surface area contributed by atoms with E-state index in [-0.39, 0.29) is 11.9 Å². The Kier molecular flexibility index (Phi) is 6.91. The van der Waals surface area contributed by atoms with Gasteiger partial charge in [0.05, 0.1) is 38.5 Å². The highest BCUT2D eigenvalue weighted by Crippen LogP contribution is 2.27. The molecule has 1 amide bonds. The molecular weight excluding hydrogens is 302 g/mol. The van der Waals surface area contributed by atoms with Crippen molar-refractivity contribution in [2.24, 2.45) is 5.92 Å². The summed E-state index contributed by atoms with van der Waals surface area (Å²) in [7, 11) is 0. The van der Waals surface area contributed by atoms with Crippen LogP contribution in [0.4, 0.5) is 5.69 Å². The molecular formula is C19H32N3O2+. The van der Waals surface area contributed by atoms with Gasteiger partial charge in [-0.05, 0) is 31.9 Å². The van der Waals surface area contributed by atoms with Gasteiger partial charge in [-0.25, -0.2) is 0 Å². The van der Waals surface area contributed by atoms with Crippen LogP contribution in [0, 0.1) is 5.92 Å². The van der Waals surface area contributed by atoms with Gasteiger partial charge in [-0.2, -0.15) is 0 Å². The van der Waals surface area contributed by atoms with Crippen LogP contribution in [0.1, 0.15) is 27.7 Å². The van der Waals surface area contributed by atoms with Crippen molar-refractivity contribution in [1.29, 1.82) is 0 Å². The molecule has 1 aromatic rings. The van der Waals surface area contributed by atoms with Crippen molar-refractivity contribution in [3.63, 3.8) is 0 Å². The van der Waals surface area contributed by atoms with Gasteiger partial charge >= 0.3 is 0 Å². The number of amides is 1. The Morgan fingerprint density at radius 2 is 1.92 bits per heavy atom. The minimum atomic E-state index is 0.00744. The number of carbonyl (C=O) groups is 1. The van der Waals surface area contributed by atoms with E-state index in [2.05, 4.69) is 36.2 Å². The number of piperazine rings is 1. The van der Waals surface area contributed by atoms with Crippen molar-refractivity contribution >= 4 is 11.6 Å². The third kappa shape index (κ3) is 4.87. The third-order valence-electron chi connectivity index (χ3n) is 4.60. The molecule has 5 heteroatoms. The van der Waals surface area contributed by atoms with E-state index in [0.29, 0.717) is 12.5 Å². The number of carbonyl (C=O) groups excluding carboxylic acids is 1. The quantitative estimate of drug-likeness (QED) is 0.780. The number of ether oxygens (including phenoxy) is 1. The molecule has 0 spiro atoms.